The number of aryl methyl sites for hydroxylation is 1. The van der Waals surface area contributed by atoms with Crippen molar-refractivity contribution in [2.45, 2.75) is 6.92 Å². The molecule has 2 heterocycles. The molecule has 0 bridgehead atoms. The van der Waals surface area contributed by atoms with Crippen LogP contribution in [0.3, 0.4) is 0 Å². The van der Waals surface area contributed by atoms with Gasteiger partial charge in [0.1, 0.15) is 6.33 Å². The number of H-pyrrole nitrogens is 1. The zero-order valence-corrected chi connectivity index (χ0v) is 8.60. The lowest BCUT2D eigenvalue weighted by atomic mass is 10.3. The lowest BCUT2D eigenvalue weighted by molar-refractivity contribution is 0.253. The van der Waals surface area contributed by atoms with Crippen molar-refractivity contribution in [3.63, 3.8) is 0 Å². The van der Waals surface area contributed by atoms with Crippen molar-refractivity contribution in [2.75, 3.05) is 5.32 Å². The fraction of sp³-hybridized carbons (Fsp3) is 0.100. The molecule has 2 rings (SSSR count). The van der Waals surface area contributed by atoms with Crippen LogP contribution in [-0.4, -0.2) is 20.6 Å². The Kier molecular flexibility index (Phi) is 2.55. The van der Waals surface area contributed by atoms with Gasteiger partial charge in [-0.3, -0.25) is 9.36 Å². The van der Waals surface area contributed by atoms with Crippen molar-refractivity contribution < 1.29 is 4.79 Å². The molecule has 1 amide bonds. The number of nitrogens with one attached hydrogen (secondary N) is 2. The number of imidazole rings is 1. The highest BCUT2D eigenvalue weighted by Gasteiger charge is 2.04. The Hall–Kier alpha value is -2.37. The first-order valence-electron chi connectivity index (χ1n) is 4.65. The number of hydrogen-bond acceptors (Lipinski definition) is 3. The molecule has 0 atom stereocenters. The molecule has 6 nitrogen and oxygen atoms in total. The number of aromatic amines is 1. The van der Waals surface area contributed by atoms with E-state index in [4.69, 9.17) is 0 Å². The number of carbonyl (C=O) groups excluding carboxylic acids is 1. The molecule has 6 heteroatoms. The van der Waals surface area contributed by atoms with Crippen molar-refractivity contribution in [2.24, 2.45) is 0 Å². The lowest BCUT2D eigenvalue weighted by Gasteiger charge is -2.05. The molecule has 0 saturated carbocycles. The quantitative estimate of drug-likeness (QED) is 0.748. The van der Waals surface area contributed by atoms with Crippen molar-refractivity contribution >= 4 is 11.7 Å². The van der Waals surface area contributed by atoms with Crippen LogP contribution in [0.4, 0.5) is 10.5 Å². The van der Waals surface area contributed by atoms with Crippen LogP contribution in [0.25, 0.3) is 0 Å². The second-order valence-electron chi connectivity index (χ2n) is 3.32. The van der Waals surface area contributed by atoms with Gasteiger partial charge in [0.05, 0.1) is 0 Å². The summed E-state index contributed by atoms with van der Waals surface area (Å²) in [6, 6.07) is 2.64. The molecule has 0 aromatic carbocycles. The second-order valence-corrected chi connectivity index (χ2v) is 3.32. The zero-order chi connectivity index (χ0) is 11.5. The largest absolute Gasteiger partial charge is 0.331 e. The van der Waals surface area contributed by atoms with Gasteiger partial charge in [0.25, 0.3) is 0 Å². The maximum Gasteiger partial charge on any atom is 0.331 e. The summed E-state index contributed by atoms with van der Waals surface area (Å²) in [6.45, 7) is 1.74. The highest BCUT2D eigenvalue weighted by Crippen LogP contribution is 2.04. The average Bonchev–Trinajstić information content (AvgIpc) is 2.68. The standard InChI is InChI=1S/C10H10N4O2/c1-7-4-8(5-9(15)12-7)13-10(16)14-3-2-11-6-14/h2-6H,1H3,(H2,12,13,15,16). The Morgan fingerprint density at radius 3 is 2.94 bits per heavy atom. The van der Waals surface area contributed by atoms with Crippen molar-refractivity contribution in [3.05, 3.63) is 46.9 Å². The van der Waals surface area contributed by atoms with Gasteiger partial charge in [0.15, 0.2) is 0 Å². The third-order valence-electron chi connectivity index (χ3n) is 1.97. The van der Waals surface area contributed by atoms with Gasteiger partial charge in [-0.1, -0.05) is 0 Å². The Labute approximate surface area is 90.9 Å². The van der Waals surface area contributed by atoms with E-state index < -0.39 is 0 Å². The van der Waals surface area contributed by atoms with E-state index in [0.717, 1.165) is 0 Å². The Morgan fingerprint density at radius 2 is 2.31 bits per heavy atom. The average molecular weight is 218 g/mol. The highest BCUT2D eigenvalue weighted by atomic mass is 16.2. The summed E-state index contributed by atoms with van der Waals surface area (Å²) in [7, 11) is 0. The molecule has 2 aromatic rings. The fourth-order valence-corrected chi connectivity index (χ4v) is 1.32. The molecule has 0 saturated heterocycles. The third-order valence-corrected chi connectivity index (χ3v) is 1.97. The summed E-state index contributed by atoms with van der Waals surface area (Å²) < 4.78 is 1.29. The van der Waals surface area contributed by atoms with Crippen LogP contribution in [0.15, 0.2) is 35.6 Å². The number of hydrogen-bond donors (Lipinski definition) is 2. The second kappa shape index (κ2) is 4.01. The molecule has 2 N–H and O–H groups in total. The molecule has 0 aliphatic heterocycles. The van der Waals surface area contributed by atoms with Gasteiger partial charge in [-0.25, -0.2) is 9.78 Å². The number of nitrogens with zero attached hydrogens (tertiary/aromatic N) is 2. The van der Waals surface area contributed by atoms with Gasteiger partial charge in [-0.05, 0) is 13.0 Å². The maximum absolute atomic E-state index is 11.6. The van der Waals surface area contributed by atoms with Crippen LogP contribution in [0.2, 0.25) is 0 Å². The molecule has 0 aliphatic rings. The van der Waals surface area contributed by atoms with Crippen molar-refractivity contribution in [1.29, 1.82) is 0 Å². The molecule has 0 spiro atoms. The summed E-state index contributed by atoms with van der Waals surface area (Å²) in [5.74, 6) is 0. The smallest absolute Gasteiger partial charge is 0.326 e. The van der Waals surface area contributed by atoms with Crippen LogP contribution < -0.4 is 10.9 Å². The summed E-state index contributed by atoms with van der Waals surface area (Å²) >= 11 is 0. The van der Waals surface area contributed by atoms with Gasteiger partial charge in [-0.2, -0.15) is 0 Å². The summed E-state index contributed by atoms with van der Waals surface area (Å²) in [5, 5.41) is 2.59. The number of carbonyl (C=O) groups is 1. The Bertz CT molecular complexity index is 556. The van der Waals surface area contributed by atoms with E-state index in [-0.39, 0.29) is 11.6 Å². The maximum atomic E-state index is 11.6. The summed E-state index contributed by atoms with van der Waals surface area (Å²) in [5.41, 5.74) is 0.898. The van der Waals surface area contributed by atoms with Crippen LogP contribution in [-0.2, 0) is 0 Å². The Balaban J connectivity index is 2.21. The van der Waals surface area contributed by atoms with Gasteiger partial charge in [-0.15, -0.1) is 0 Å². The van der Waals surface area contributed by atoms with Crippen LogP contribution in [0, 0.1) is 6.92 Å². The zero-order valence-electron chi connectivity index (χ0n) is 8.60. The summed E-state index contributed by atoms with van der Waals surface area (Å²) in [4.78, 5) is 29.1. The first-order valence-corrected chi connectivity index (χ1v) is 4.65. The van der Waals surface area contributed by atoms with Crippen molar-refractivity contribution in [1.82, 2.24) is 14.5 Å². The van der Waals surface area contributed by atoms with Crippen LogP contribution in [0.5, 0.6) is 0 Å². The summed E-state index contributed by atoms with van der Waals surface area (Å²) in [6.07, 6.45) is 4.41. The van der Waals surface area contributed by atoms with E-state index in [1.54, 1.807) is 13.0 Å². The number of aromatic nitrogens is 3. The minimum atomic E-state index is -0.359. The molecule has 0 radical (unpaired) electrons. The predicted molar refractivity (Wildman–Crippen MR) is 58.4 cm³/mol. The minimum Gasteiger partial charge on any atom is -0.326 e. The molecule has 0 fully saturated rings. The van der Waals surface area contributed by atoms with E-state index >= 15 is 0 Å². The minimum absolute atomic E-state index is 0.249. The number of anilines is 1. The molecule has 82 valence electrons. The van der Waals surface area contributed by atoms with Crippen LogP contribution >= 0.6 is 0 Å². The number of rotatable bonds is 1. The van der Waals surface area contributed by atoms with E-state index in [9.17, 15) is 9.59 Å². The lowest BCUT2D eigenvalue weighted by Crippen LogP contribution is -2.19. The van der Waals surface area contributed by atoms with E-state index in [1.165, 1.54) is 29.4 Å². The molecule has 0 unspecified atom stereocenters. The molecular weight excluding hydrogens is 208 g/mol. The van der Waals surface area contributed by atoms with Gasteiger partial charge in [0.2, 0.25) is 5.56 Å². The van der Waals surface area contributed by atoms with Crippen LogP contribution in [0.1, 0.15) is 5.69 Å². The topological polar surface area (TPSA) is 79.8 Å². The number of pyridine rings is 1. The van der Waals surface area contributed by atoms with Gasteiger partial charge < -0.3 is 10.3 Å². The third kappa shape index (κ3) is 2.17. The van der Waals surface area contributed by atoms with E-state index in [1.807, 2.05) is 0 Å². The van der Waals surface area contributed by atoms with Gasteiger partial charge >= 0.3 is 6.03 Å². The first-order chi connectivity index (χ1) is 7.65. The van der Waals surface area contributed by atoms with E-state index in [0.29, 0.717) is 11.4 Å². The SMILES string of the molecule is Cc1cc(NC(=O)n2ccnc2)cc(=O)[nH]1. The van der Waals surface area contributed by atoms with Gasteiger partial charge in [0, 0.05) is 29.8 Å². The van der Waals surface area contributed by atoms with E-state index in [2.05, 4.69) is 15.3 Å². The van der Waals surface area contributed by atoms with Crippen molar-refractivity contribution in [3.8, 4) is 0 Å². The first kappa shape index (κ1) is 10.2. The molecule has 2 aromatic heterocycles. The monoisotopic (exact) mass is 218 g/mol. The highest BCUT2D eigenvalue weighted by molar-refractivity contribution is 5.90. The Morgan fingerprint density at radius 1 is 1.50 bits per heavy atom. The molecule has 16 heavy (non-hydrogen) atoms. The normalized spacial score (nSPS) is 10.1. The molecular formula is C10H10N4O2. The predicted octanol–water partition coefficient (Wildman–Crippen LogP) is 0.960. The fourth-order valence-electron chi connectivity index (χ4n) is 1.32. The molecule has 0 aliphatic carbocycles. The number of amides is 1.